The third-order valence-corrected chi connectivity index (χ3v) is 2.79. The molecule has 1 fully saturated rings. The summed E-state index contributed by atoms with van der Waals surface area (Å²) in [5.74, 6) is -1.75. The fourth-order valence-corrected chi connectivity index (χ4v) is 1.91. The Morgan fingerprint density at radius 2 is 1.87 bits per heavy atom. The lowest BCUT2D eigenvalue weighted by atomic mass is 9.91. The monoisotopic (exact) mass is 212 g/mol. The lowest BCUT2D eigenvalue weighted by Gasteiger charge is -2.23. The Bertz CT molecular complexity index is 359. The first-order valence-corrected chi connectivity index (χ1v) is 4.98. The van der Waals surface area contributed by atoms with Crippen molar-refractivity contribution in [2.75, 3.05) is 13.2 Å². The fourth-order valence-electron chi connectivity index (χ4n) is 1.91. The minimum absolute atomic E-state index is 0.119. The van der Waals surface area contributed by atoms with Crippen molar-refractivity contribution in [2.24, 2.45) is 0 Å². The van der Waals surface area contributed by atoms with Gasteiger partial charge in [0, 0.05) is 18.8 Å². The average Bonchev–Trinajstić information content (AvgIpc) is 2.27. The van der Waals surface area contributed by atoms with Crippen LogP contribution in [0.25, 0.3) is 0 Å². The van der Waals surface area contributed by atoms with E-state index in [9.17, 15) is 9.50 Å². The van der Waals surface area contributed by atoms with E-state index < -0.39 is 17.3 Å². The van der Waals surface area contributed by atoms with Crippen LogP contribution < -0.4 is 0 Å². The van der Waals surface area contributed by atoms with Crippen LogP contribution >= 0.6 is 0 Å². The summed E-state index contributed by atoms with van der Waals surface area (Å²) in [6.45, 7) is 1.26. The third-order valence-electron chi connectivity index (χ3n) is 2.79. The maximum atomic E-state index is 13.2. The maximum Gasteiger partial charge on any atom is 0.206 e. The molecule has 0 unspecified atom stereocenters. The Hall–Kier alpha value is -1.29. The number of hydrogen-bond acceptors (Lipinski definition) is 3. The van der Waals surface area contributed by atoms with Gasteiger partial charge in [-0.3, -0.25) is 0 Å². The Kier molecular flexibility index (Phi) is 2.77. The van der Waals surface area contributed by atoms with Gasteiger partial charge in [-0.1, -0.05) is 6.07 Å². The summed E-state index contributed by atoms with van der Waals surface area (Å²) in [7, 11) is 0. The van der Waals surface area contributed by atoms with Crippen molar-refractivity contribution in [3.63, 3.8) is 0 Å². The molecular weight excluding hydrogens is 199 g/mol. The highest BCUT2D eigenvalue weighted by Crippen LogP contribution is 2.37. The van der Waals surface area contributed by atoms with Crippen molar-refractivity contribution >= 4 is 0 Å². The molecule has 2 N–H and O–H groups in total. The van der Waals surface area contributed by atoms with Crippen molar-refractivity contribution in [1.82, 2.24) is 0 Å². The first-order chi connectivity index (χ1) is 7.20. The minimum Gasteiger partial charge on any atom is -0.505 e. The summed E-state index contributed by atoms with van der Waals surface area (Å²) in [5, 5.41) is 18.6. The Morgan fingerprint density at radius 3 is 2.53 bits per heavy atom. The molecule has 4 heteroatoms. The molecule has 0 amide bonds. The molecule has 3 nitrogen and oxygen atoms in total. The van der Waals surface area contributed by atoms with Gasteiger partial charge in [0.05, 0.1) is 0 Å². The predicted molar refractivity (Wildman–Crippen MR) is 52.5 cm³/mol. The van der Waals surface area contributed by atoms with Gasteiger partial charge in [-0.25, -0.2) is 0 Å². The van der Waals surface area contributed by atoms with Crippen molar-refractivity contribution < 1.29 is 19.3 Å². The van der Waals surface area contributed by atoms with E-state index >= 15 is 0 Å². The molecule has 15 heavy (non-hydrogen) atoms. The van der Waals surface area contributed by atoms with E-state index in [0.29, 0.717) is 18.8 Å². The molecule has 1 aromatic carbocycles. The standard InChI is InChI=1S/C11H13FO3/c12-10-9(13)2-1-8(11(10)14)7-3-5-15-6-4-7/h1-2,7,13-14H,3-6H2. The molecule has 82 valence electrons. The van der Waals surface area contributed by atoms with Crippen LogP contribution in [0.4, 0.5) is 4.39 Å². The van der Waals surface area contributed by atoms with E-state index in [1.165, 1.54) is 6.07 Å². The van der Waals surface area contributed by atoms with Crippen LogP contribution in [0.5, 0.6) is 11.5 Å². The number of halogens is 1. The van der Waals surface area contributed by atoms with Crippen LogP contribution in [0.3, 0.4) is 0 Å². The first kappa shape index (κ1) is 10.2. The van der Waals surface area contributed by atoms with Gasteiger partial charge in [0.2, 0.25) is 5.82 Å². The van der Waals surface area contributed by atoms with Gasteiger partial charge >= 0.3 is 0 Å². The molecule has 0 atom stereocenters. The molecule has 0 saturated carbocycles. The summed E-state index contributed by atoms with van der Waals surface area (Å²) < 4.78 is 18.4. The van der Waals surface area contributed by atoms with Crippen molar-refractivity contribution in [2.45, 2.75) is 18.8 Å². The number of rotatable bonds is 1. The highest BCUT2D eigenvalue weighted by atomic mass is 19.1. The van der Waals surface area contributed by atoms with Crippen LogP contribution in [-0.4, -0.2) is 23.4 Å². The lowest BCUT2D eigenvalue weighted by molar-refractivity contribution is 0.0847. The summed E-state index contributed by atoms with van der Waals surface area (Å²) >= 11 is 0. The number of phenolic OH excluding ortho intramolecular Hbond substituents is 2. The van der Waals surface area contributed by atoms with E-state index in [2.05, 4.69) is 0 Å². The topological polar surface area (TPSA) is 49.7 Å². The second-order valence-corrected chi connectivity index (χ2v) is 3.72. The molecule has 1 aromatic rings. The molecule has 0 radical (unpaired) electrons. The average molecular weight is 212 g/mol. The molecule has 2 rings (SSSR count). The summed E-state index contributed by atoms with van der Waals surface area (Å²) in [5.41, 5.74) is 0.564. The zero-order valence-electron chi connectivity index (χ0n) is 8.24. The molecule has 0 spiro atoms. The quantitative estimate of drug-likeness (QED) is 0.749. The molecule has 1 heterocycles. The van der Waals surface area contributed by atoms with Gasteiger partial charge < -0.3 is 14.9 Å². The maximum absolute atomic E-state index is 13.2. The molecule has 1 aliphatic heterocycles. The van der Waals surface area contributed by atoms with Gasteiger partial charge in [-0.15, -0.1) is 0 Å². The lowest BCUT2D eigenvalue weighted by Crippen LogP contribution is -2.14. The van der Waals surface area contributed by atoms with Crippen LogP contribution in [0.2, 0.25) is 0 Å². The van der Waals surface area contributed by atoms with Crippen molar-refractivity contribution in [1.29, 1.82) is 0 Å². The van der Waals surface area contributed by atoms with E-state index in [4.69, 9.17) is 9.84 Å². The van der Waals surface area contributed by atoms with Crippen molar-refractivity contribution in [3.05, 3.63) is 23.5 Å². The van der Waals surface area contributed by atoms with Gasteiger partial charge in [-0.2, -0.15) is 4.39 Å². The largest absolute Gasteiger partial charge is 0.505 e. The summed E-state index contributed by atoms with van der Waals surface area (Å²) in [4.78, 5) is 0. The molecule has 0 aromatic heterocycles. The van der Waals surface area contributed by atoms with E-state index in [0.717, 1.165) is 12.8 Å². The van der Waals surface area contributed by atoms with E-state index in [1.807, 2.05) is 0 Å². The van der Waals surface area contributed by atoms with Crippen LogP contribution in [0.15, 0.2) is 12.1 Å². The van der Waals surface area contributed by atoms with Crippen LogP contribution in [0, 0.1) is 5.82 Å². The van der Waals surface area contributed by atoms with Crippen LogP contribution in [-0.2, 0) is 4.74 Å². The smallest absolute Gasteiger partial charge is 0.206 e. The first-order valence-electron chi connectivity index (χ1n) is 4.98. The van der Waals surface area contributed by atoms with Gasteiger partial charge in [0.1, 0.15) is 0 Å². The van der Waals surface area contributed by atoms with Crippen LogP contribution in [0.1, 0.15) is 24.3 Å². The fraction of sp³-hybridized carbons (Fsp3) is 0.455. The highest BCUT2D eigenvalue weighted by Gasteiger charge is 2.21. The second-order valence-electron chi connectivity index (χ2n) is 3.72. The Labute approximate surface area is 87.1 Å². The zero-order valence-corrected chi connectivity index (χ0v) is 8.24. The molecular formula is C11H13FO3. The molecule has 0 aliphatic carbocycles. The summed E-state index contributed by atoms with van der Waals surface area (Å²) in [6, 6.07) is 2.85. The molecule has 0 bridgehead atoms. The van der Waals surface area contributed by atoms with Gasteiger partial charge in [-0.05, 0) is 24.8 Å². The van der Waals surface area contributed by atoms with E-state index in [-0.39, 0.29) is 5.92 Å². The number of hydrogen-bond donors (Lipinski definition) is 2. The van der Waals surface area contributed by atoms with E-state index in [1.54, 1.807) is 6.07 Å². The Balaban J connectivity index is 2.31. The molecule has 1 aliphatic rings. The Morgan fingerprint density at radius 1 is 1.20 bits per heavy atom. The number of aromatic hydroxyl groups is 2. The van der Waals surface area contributed by atoms with Gasteiger partial charge in [0.15, 0.2) is 11.5 Å². The number of ether oxygens (including phenoxy) is 1. The van der Waals surface area contributed by atoms with Crippen molar-refractivity contribution in [3.8, 4) is 11.5 Å². The summed E-state index contributed by atoms with van der Waals surface area (Å²) in [6.07, 6.45) is 1.55. The zero-order chi connectivity index (χ0) is 10.8. The minimum atomic E-state index is -0.931. The second kappa shape index (κ2) is 4.06. The number of phenols is 2. The SMILES string of the molecule is Oc1ccc(C2CCOCC2)c(O)c1F. The third kappa shape index (κ3) is 1.90. The normalized spacial score (nSPS) is 17.9. The highest BCUT2D eigenvalue weighted by molar-refractivity contribution is 5.43. The molecule has 1 saturated heterocycles. The van der Waals surface area contributed by atoms with Gasteiger partial charge in [0.25, 0.3) is 0 Å². The number of benzene rings is 1. The predicted octanol–water partition coefficient (Wildman–Crippen LogP) is 2.13.